The molecule has 0 unspecified atom stereocenters. The van der Waals surface area contributed by atoms with Crippen LogP contribution in [0.3, 0.4) is 0 Å². The van der Waals surface area contributed by atoms with Crippen LogP contribution < -0.4 is 14.8 Å². The minimum Gasteiger partial charge on any atom is -0.484 e. The zero-order chi connectivity index (χ0) is 18.4. The molecule has 0 saturated heterocycles. The topological polar surface area (TPSA) is 84.9 Å². The van der Waals surface area contributed by atoms with Crippen molar-refractivity contribution in [1.29, 1.82) is 0 Å². The Morgan fingerprint density at radius 2 is 1.60 bits per heavy atom. The normalized spacial score (nSPS) is 10.8. The molecule has 25 heavy (non-hydrogen) atoms. The van der Waals surface area contributed by atoms with Gasteiger partial charge in [-0.15, -0.1) is 0 Å². The number of carbonyl (C=O) groups is 2. The Balaban J connectivity index is 1.86. The fraction of sp³-hybridized carbons (Fsp3) is 0.222. The molecule has 0 heterocycles. The summed E-state index contributed by atoms with van der Waals surface area (Å²) < 4.78 is 10.7. The van der Waals surface area contributed by atoms with Crippen molar-refractivity contribution in [2.24, 2.45) is 0 Å². The highest BCUT2D eigenvalue weighted by Crippen LogP contribution is 2.21. The fourth-order valence-electron chi connectivity index (χ4n) is 1.82. The number of benzene rings is 2. The molecular formula is C18H18ClNO5. The van der Waals surface area contributed by atoms with Crippen LogP contribution in [0.15, 0.2) is 48.5 Å². The van der Waals surface area contributed by atoms with Gasteiger partial charge in [-0.2, -0.15) is 0 Å². The van der Waals surface area contributed by atoms with E-state index in [2.05, 4.69) is 5.32 Å². The summed E-state index contributed by atoms with van der Waals surface area (Å²) in [5.74, 6) is -0.458. The van der Waals surface area contributed by atoms with Crippen LogP contribution in [-0.4, -0.2) is 29.2 Å². The Labute approximate surface area is 150 Å². The number of hydrogen-bond acceptors (Lipinski definition) is 4. The highest BCUT2D eigenvalue weighted by Gasteiger charge is 2.29. The van der Waals surface area contributed by atoms with E-state index in [9.17, 15) is 9.59 Å². The van der Waals surface area contributed by atoms with Crippen LogP contribution in [0.25, 0.3) is 0 Å². The number of aliphatic carboxylic acids is 1. The molecule has 0 radical (unpaired) electrons. The van der Waals surface area contributed by atoms with Crippen molar-refractivity contribution in [3.8, 4) is 11.5 Å². The maximum Gasteiger partial charge on any atom is 0.347 e. The Morgan fingerprint density at radius 3 is 2.16 bits per heavy atom. The van der Waals surface area contributed by atoms with Crippen LogP contribution in [0.4, 0.5) is 5.69 Å². The molecule has 7 heteroatoms. The Bertz CT molecular complexity index is 741. The van der Waals surface area contributed by atoms with Crippen LogP contribution >= 0.6 is 11.6 Å². The third-order valence-corrected chi connectivity index (χ3v) is 3.46. The molecule has 0 fully saturated rings. The van der Waals surface area contributed by atoms with Gasteiger partial charge in [-0.1, -0.05) is 11.6 Å². The molecule has 1 amide bonds. The van der Waals surface area contributed by atoms with Gasteiger partial charge in [0.05, 0.1) is 0 Å². The number of hydrogen-bond donors (Lipinski definition) is 2. The molecule has 0 aromatic heterocycles. The van der Waals surface area contributed by atoms with E-state index in [0.717, 1.165) is 0 Å². The molecule has 0 atom stereocenters. The average molecular weight is 364 g/mol. The van der Waals surface area contributed by atoms with E-state index in [0.29, 0.717) is 22.2 Å². The summed E-state index contributed by atoms with van der Waals surface area (Å²) in [6, 6.07) is 13.1. The molecule has 0 saturated carbocycles. The standard InChI is InChI=1S/C18H18ClNO5/c1-18(2,17(22)23)25-15-9-5-13(6-10-15)20-16(21)11-24-14-7-3-12(19)4-8-14/h3-10H,11H2,1-2H3,(H,20,21)(H,22,23). The van der Waals surface area contributed by atoms with Crippen molar-refractivity contribution in [1.82, 2.24) is 0 Å². The summed E-state index contributed by atoms with van der Waals surface area (Å²) in [6.07, 6.45) is 0. The van der Waals surface area contributed by atoms with Gasteiger partial charge < -0.3 is 19.9 Å². The van der Waals surface area contributed by atoms with Gasteiger partial charge in [0.1, 0.15) is 11.5 Å². The van der Waals surface area contributed by atoms with Crippen LogP contribution in [0.5, 0.6) is 11.5 Å². The van der Waals surface area contributed by atoms with Gasteiger partial charge in [-0.25, -0.2) is 4.79 Å². The summed E-state index contributed by atoms with van der Waals surface area (Å²) in [4.78, 5) is 22.9. The maximum absolute atomic E-state index is 11.9. The molecule has 0 aliphatic rings. The summed E-state index contributed by atoms with van der Waals surface area (Å²) >= 11 is 5.77. The molecule has 0 spiro atoms. The lowest BCUT2D eigenvalue weighted by Gasteiger charge is -2.21. The predicted molar refractivity (Wildman–Crippen MR) is 94.4 cm³/mol. The highest BCUT2D eigenvalue weighted by atomic mass is 35.5. The zero-order valence-corrected chi connectivity index (χ0v) is 14.5. The minimum absolute atomic E-state index is 0.147. The lowest BCUT2D eigenvalue weighted by atomic mass is 10.1. The third-order valence-electron chi connectivity index (χ3n) is 3.21. The van der Waals surface area contributed by atoms with Gasteiger partial charge in [0.25, 0.3) is 5.91 Å². The van der Waals surface area contributed by atoms with Crippen LogP contribution in [0, 0.1) is 0 Å². The van der Waals surface area contributed by atoms with Crippen LogP contribution in [-0.2, 0) is 9.59 Å². The van der Waals surface area contributed by atoms with Crippen molar-refractivity contribution in [3.63, 3.8) is 0 Å². The number of rotatable bonds is 7. The van der Waals surface area contributed by atoms with E-state index in [1.54, 1.807) is 48.5 Å². The Morgan fingerprint density at radius 1 is 1.04 bits per heavy atom. The van der Waals surface area contributed by atoms with Gasteiger partial charge in [0, 0.05) is 10.7 Å². The minimum atomic E-state index is -1.34. The van der Waals surface area contributed by atoms with E-state index in [-0.39, 0.29) is 12.5 Å². The first kappa shape index (κ1) is 18.6. The smallest absolute Gasteiger partial charge is 0.347 e. The molecule has 0 aliphatic carbocycles. The predicted octanol–water partition coefficient (Wildman–Crippen LogP) is 3.60. The van der Waals surface area contributed by atoms with Gasteiger partial charge in [0.15, 0.2) is 12.2 Å². The van der Waals surface area contributed by atoms with Crippen molar-refractivity contribution in [3.05, 3.63) is 53.6 Å². The lowest BCUT2D eigenvalue weighted by molar-refractivity contribution is -0.152. The van der Waals surface area contributed by atoms with Crippen LogP contribution in [0.1, 0.15) is 13.8 Å². The highest BCUT2D eigenvalue weighted by molar-refractivity contribution is 6.30. The summed E-state index contributed by atoms with van der Waals surface area (Å²) in [5, 5.41) is 12.3. The first-order valence-electron chi connectivity index (χ1n) is 7.47. The van der Waals surface area contributed by atoms with E-state index >= 15 is 0 Å². The van der Waals surface area contributed by atoms with Crippen molar-refractivity contribution >= 4 is 29.2 Å². The molecule has 2 aromatic carbocycles. The molecule has 6 nitrogen and oxygen atoms in total. The van der Waals surface area contributed by atoms with E-state index in [1.165, 1.54) is 13.8 Å². The van der Waals surface area contributed by atoms with Crippen molar-refractivity contribution in [2.75, 3.05) is 11.9 Å². The molecule has 2 rings (SSSR count). The largest absolute Gasteiger partial charge is 0.484 e. The second-order valence-corrected chi connectivity index (χ2v) is 6.17. The molecule has 2 N–H and O–H groups in total. The third kappa shape index (κ3) is 5.69. The second kappa shape index (κ2) is 7.90. The van der Waals surface area contributed by atoms with Crippen molar-refractivity contribution in [2.45, 2.75) is 19.4 Å². The number of amides is 1. The SMILES string of the molecule is CC(C)(Oc1ccc(NC(=O)COc2ccc(Cl)cc2)cc1)C(=O)O. The molecule has 0 bridgehead atoms. The molecule has 132 valence electrons. The first-order chi connectivity index (χ1) is 11.8. The molecular weight excluding hydrogens is 346 g/mol. The number of ether oxygens (including phenoxy) is 2. The first-order valence-corrected chi connectivity index (χ1v) is 7.85. The van der Waals surface area contributed by atoms with Gasteiger partial charge >= 0.3 is 5.97 Å². The number of carbonyl (C=O) groups excluding carboxylic acids is 1. The van der Waals surface area contributed by atoms with Crippen molar-refractivity contribution < 1.29 is 24.2 Å². The lowest BCUT2D eigenvalue weighted by Crippen LogP contribution is -2.37. The molecule has 2 aromatic rings. The number of carboxylic acid groups (broad SMARTS) is 1. The average Bonchev–Trinajstić information content (AvgIpc) is 2.56. The summed E-state index contributed by atoms with van der Waals surface area (Å²) in [6.45, 7) is 2.77. The van der Waals surface area contributed by atoms with Gasteiger partial charge in [-0.3, -0.25) is 4.79 Å². The van der Waals surface area contributed by atoms with Gasteiger partial charge in [-0.05, 0) is 62.4 Å². The number of halogens is 1. The van der Waals surface area contributed by atoms with E-state index in [1.807, 2.05) is 0 Å². The summed E-state index contributed by atoms with van der Waals surface area (Å²) in [5.41, 5.74) is -0.790. The second-order valence-electron chi connectivity index (χ2n) is 5.73. The fourth-order valence-corrected chi connectivity index (χ4v) is 1.95. The number of carboxylic acids is 1. The monoisotopic (exact) mass is 363 g/mol. The number of nitrogens with one attached hydrogen (secondary N) is 1. The van der Waals surface area contributed by atoms with E-state index in [4.69, 9.17) is 26.2 Å². The maximum atomic E-state index is 11.9. The Kier molecular flexibility index (Phi) is 5.88. The molecule has 0 aliphatic heterocycles. The zero-order valence-electron chi connectivity index (χ0n) is 13.8. The summed E-state index contributed by atoms with van der Waals surface area (Å²) in [7, 11) is 0. The quantitative estimate of drug-likeness (QED) is 0.785. The van der Waals surface area contributed by atoms with E-state index < -0.39 is 11.6 Å². The Hall–Kier alpha value is -2.73. The van der Waals surface area contributed by atoms with Gasteiger partial charge in [0.2, 0.25) is 0 Å². The van der Waals surface area contributed by atoms with Crippen LogP contribution in [0.2, 0.25) is 5.02 Å². The number of anilines is 1.